The summed E-state index contributed by atoms with van der Waals surface area (Å²) in [6.45, 7) is 4.60. The van der Waals surface area contributed by atoms with E-state index in [9.17, 15) is 14.7 Å². The number of carbonyl (C=O) groups excluding carboxylic acids is 1. The maximum absolute atomic E-state index is 12.6. The minimum atomic E-state index is -0.807. The second-order valence-corrected chi connectivity index (χ2v) is 5.77. The van der Waals surface area contributed by atoms with E-state index in [-0.39, 0.29) is 11.9 Å². The maximum Gasteiger partial charge on any atom is 0.308 e. The van der Waals surface area contributed by atoms with Crippen LogP contribution in [0.1, 0.15) is 49.0 Å². The molecule has 1 amide bonds. The third kappa shape index (κ3) is 3.43. The standard InChI is InChI=1S/C17H23NO3/c1-3-5-13-7-9-14(10-8-13)16(19)18-11-4-6-15(12(18)2)17(20)21/h7-10,12,15H,3-6,11H2,1-2H3,(H,20,21)/t12-,15-/m0/s1. The van der Waals surface area contributed by atoms with Crippen molar-refractivity contribution in [3.63, 3.8) is 0 Å². The van der Waals surface area contributed by atoms with Gasteiger partial charge in [-0.2, -0.15) is 0 Å². The van der Waals surface area contributed by atoms with Gasteiger partial charge >= 0.3 is 5.97 Å². The van der Waals surface area contributed by atoms with E-state index in [2.05, 4.69) is 6.92 Å². The highest BCUT2D eigenvalue weighted by atomic mass is 16.4. The molecule has 0 spiro atoms. The van der Waals surface area contributed by atoms with Crippen molar-refractivity contribution in [1.29, 1.82) is 0 Å². The van der Waals surface area contributed by atoms with Crippen molar-refractivity contribution in [3.8, 4) is 0 Å². The maximum atomic E-state index is 12.6. The zero-order valence-electron chi connectivity index (χ0n) is 12.7. The minimum absolute atomic E-state index is 0.0588. The summed E-state index contributed by atoms with van der Waals surface area (Å²) in [5, 5.41) is 9.24. The summed E-state index contributed by atoms with van der Waals surface area (Å²) in [7, 11) is 0. The number of carboxylic acids is 1. The van der Waals surface area contributed by atoms with E-state index in [4.69, 9.17) is 0 Å². The summed E-state index contributed by atoms with van der Waals surface area (Å²) >= 11 is 0. The molecular weight excluding hydrogens is 266 g/mol. The zero-order valence-corrected chi connectivity index (χ0v) is 12.7. The second kappa shape index (κ2) is 6.74. The van der Waals surface area contributed by atoms with E-state index in [1.165, 1.54) is 5.56 Å². The van der Waals surface area contributed by atoms with Crippen molar-refractivity contribution < 1.29 is 14.7 Å². The molecule has 0 radical (unpaired) electrons. The van der Waals surface area contributed by atoms with Crippen LogP contribution in [0.4, 0.5) is 0 Å². The molecule has 0 aliphatic carbocycles. The van der Waals surface area contributed by atoms with Gasteiger partial charge in [-0.25, -0.2) is 0 Å². The molecule has 21 heavy (non-hydrogen) atoms. The molecule has 1 aromatic carbocycles. The zero-order chi connectivity index (χ0) is 15.4. The fourth-order valence-electron chi connectivity index (χ4n) is 3.03. The molecule has 0 bridgehead atoms. The lowest BCUT2D eigenvalue weighted by molar-refractivity contribution is -0.144. The molecule has 2 rings (SSSR count). The first-order chi connectivity index (χ1) is 10.0. The minimum Gasteiger partial charge on any atom is -0.481 e. The van der Waals surface area contributed by atoms with Gasteiger partial charge in [0.15, 0.2) is 0 Å². The lowest BCUT2D eigenvalue weighted by Crippen LogP contribution is -2.49. The summed E-state index contributed by atoms with van der Waals surface area (Å²) in [6, 6.07) is 7.42. The molecule has 0 aromatic heterocycles. The van der Waals surface area contributed by atoms with Gasteiger partial charge in [0.1, 0.15) is 0 Å². The monoisotopic (exact) mass is 289 g/mol. The summed E-state index contributed by atoms with van der Waals surface area (Å²) in [4.78, 5) is 25.5. The van der Waals surface area contributed by atoms with Crippen molar-refractivity contribution in [1.82, 2.24) is 4.90 Å². The topological polar surface area (TPSA) is 57.6 Å². The number of amides is 1. The molecule has 1 aliphatic rings. The van der Waals surface area contributed by atoms with Gasteiger partial charge in [0.25, 0.3) is 5.91 Å². The van der Waals surface area contributed by atoms with Crippen molar-refractivity contribution in [3.05, 3.63) is 35.4 Å². The second-order valence-electron chi connectivity index (χ2n) is 5.77. The van der Waals surface area contributed by atoms with Gasteiger partial charge in [-0.1, -0.05) is 25.5 Å². The average Bonchev–Trinajstić information content (AvgIpc) is 2.47. The first-order valence-corrected chi connectivity index (χ1v) is 7.67. The molecule has 1 heterocycles. The van der Waals surface area contributed by atoms with E-state index >= 15 is 0 Å². The number of rotatable bonds is 4. The number of aliphatic carboxylic acids is 1. The van der Waals surface area contributed by atoms with Crippen molar-refractivity contribution in [2.75, 3.05) is 6.54 Å². The Balaban J connectivity index is 2.13. The van der Waals surface area contributed by atoms with Crippen molar-refractivity contribution in [2.45, 2.75) is 45.6 Å². The highest BCUT2D eigenvalue weighted by Gasteiger charge is 2.35. The number of carboxylic acid groups (broad SMARTS) is 1. The van der Waals surface area contributed by atoms with Crippen LogP contribution in [0.25, 0.3) is 0 Å². The summed E-state index contributed by atoms with van der Waals surface area (Å²) in [5.74, 6) is -1.32. The molecular formula is C17H23NO3. The molecule has 114 valence electrons. The number of carbonyl (C=O) groups is 2. The summed E-state index contributed by atoms with van der Waals surface area (Å²) in [6.07, 6.45) is 3.49. The lowest BCUT2D eigenvalue weighted by Gasteiger charge is -2.37. The van der Waals surface area contributed by atoms with Gasteiger partial charge < -0.3 is 10.0 Å². The number of likely N-dealkylation sites (tertiary alicyclic amines) is 1. The molecule has 0 unspecified atom stereocenters. The number of hydrogen-bond donors (Lipinski definition) is 1. The molecule has 1 fully saturated rings. The SMILES string of the molecule is CCCc1ccc(C(=O)N2CCC[C@H](C(=O)O)[C@@H]2C)cc1. The van der Waals surface area contributed by atoms with Gasteiger partial charge in [-0.3, -0.25) is 9.59 Å². The van der Waals surface area contributed by atoms with Crippen LogP contribution in [0, 0.1) is 5.92 Å². The van der Waals surface area contributed by atoms with Crippen LogP contribution in [-0.2, 0) is 11.2 Å². The highest BCUT2D eigenvalue weighted by molar-refractivity contribution is 5.94. The quantitative estimate of drug-likeness (QED) is 0.927. The van der Waals surface area contributed by atoms with Crippen LogP contribution in [0.15, 0.2) is 24.3 Å². The van der Waals surface area contributed by atoms with Gasteiger partial charge in [-0.15, -0.1) is 0 Å². The van der Waals surface area contributed by atoms with Crippen LogP contribution < -0.4 is 0 Å². The van der Waals surface area contributed by atoms with E-state index in [1.807, 2.05) is 31.2 Å². The molecule has 1 N–H and O–H groups in total. The predicted molar refractivity (Wildman–Crippen MR) is 81.3 cm³/mol. The Labute approximate surface area is 125 Å². The van der Waals surface area contributed by atoms with Crippen LogP contribution in [-0.4, -0.2) is 34.5 Å². The van der Waals surface area contributed by atoms with E-state index < -0.39 is 11.9 Å². The summed E-state index contributed by atoms with van der Waals surface area (Å²) in [5.41, 5.74) is 1.87. The number of nitrogens with zero attached hydrogens (tertiary/aromatic N) is 1. The third-order valence-corrected chi connectivity index (χ3v) is 4.31. The Morgan fingerprint density at radius 2 is 1.95 bits per heavy atom. The number of piperidine rings is 1. The Morgan fingerprint density at radius 1 is 1.29 bits per heavy atom. The number of aryl methyl sites for hydroxylation is 1. The average molecular weight is 289 g/mol. The van der Waals surface area contributed by atoms with Gasteiger partial charge in [0.05, 0.1) is 5.92 Å². The van der Waals surface area contributed by atoms with Crippen LogP contribution >= 0.6 is 0 Å². The van der Waals surface area contributed by atoms with Crippen LogP contribution in [0.5, 0.6) is 0 Å². The Morgan fingerprint density at radius 3 is 2.52 bits per heavy atom. The van der Waals surface area contributed by atoms with Gasteiger partial charge in [0, 0.05) is 18.2 Å². The molecule has 1 aliphatic heterocycles. The molecule has 1 aromatic rings. The number of hydrogen-bond acceptors (Lipinski definition) is 2. The van der Waals surface area contributed by atoms with Crippen LogP contribution in [0.3, 0.4) is 0 Å². The smallest absolute Gasteiger partial charge is 0.308 e. The fraction of sp³-hybridized carbons (Fsp3) is 0.529. The first-order valence-electron chi connectivity index (χ1n) is 7.67. The molecule has 4 nitrogen and oxygen atoms in total. The number of benzene rings is 1. The van der Waals surface area contributed by atoms with E-state index in [1.54, 1.807) is 4.90 Å². The molecule has 0 saturated carbocycles. The molecule has 2 atom stereocenters. The van der Waals surface area contributed by atoms with Gasteiger partial charge in [0.2, 0.25) is 0 Å². The van der Waals surface area contributed by atoms with Crippen molar-refractivity contribution in [2.24, 2.45) is 5.92 Å². The third-order valence-electron chi connectivity index (χ3n) is 4.31. The normalized spacial score (nSPS) is 22.1. The summed E-state index contributed by atoms with van der Waals surface area (Å²) < 4.78 is 0. The Kier molecular flexibility index (Phi) is 4.99. The first kappa shape index (κ1) is 15.5. The Bertz CT molecular complexity index is 509. The fourth-order valence-corrected chi connectivity index (χ4v) is 3.03. The van der Waals surface area contributed by atoms with E-state index in [0.717, 1.165) is 19.3 Å². The largest absolute Gasteiger partial charge is 0.481 e. The predicted octanol–water partition coefficient (Wildman–Crippen LogP) is 2.96. The van der Waals surface area contributed by atoms with Crippen LogP contribution in [0.2, 0.25) is 0 Å². The molecule has 4 heteroatoms. The van der Waals surface area contributed by atoms with Crippen molar-refractivity contribution >= 4 is 11.9 Å². The molecule has 1 saturated heterocycles. The Hall–Kier alpha value is -1.84. The highest BCUT2D eigenvalue weighted by Crippen LogP contribution is 2.25. The lowest BCUT2D eigenvalue weighted by atomic mass is 9.90. The van der Waals surface area contributed by atoms with Gasteiger partial charge in [-0.05, 0) is 43.9 Å². The van der Waals surface area contributed by atoms with E-state index in [0.29, 0.717) is 18.5 Å².